The highest BCUT2D eigenvalue weighted by molar-refractivity contribution is 6.02. The molecule has 25 heavy (non-hydrogen) atoms. The van der Waals surface area contributed by atoms with Gasteiger partial charge in [-0.15, -0.1) is 10.2 Å². The zero-order chi connectivity index (χ0) is 17.6. The standard InChI is InChI=1S/C18H12FN5O/c19-14-3-1-2-4-15(14)22-18(25)16-9-10-17(24-23-16)21-13-7-5-12(11-20)6-8-13/h1-10H,(H,21,24)(H,22,25). The van der Waals surface area contributed by atoms with Gasteiger partial charge in [-0.25, -0.2) is 4.39 Å². The van der Waals surface area contributed by atoms with Crippen LogP contribution in [0.25, 0.3) is 0 Å². The SMILES string of the molecule is N#Cc1ccc(Nc2ccc(C(=O)Nc3ccccc3F)nn2)cc1. The average molecular weight is 333 g/mol. The molecule has 0 bridgehead atoms. The van der Waals surface area contributed by atoms with E-state index in [4.69, 9.17) is 5.26 Å². The van der Waals surface area contributed by atoms with Crippen LogP contribution in [0.3, 0.4) is 0 Å². The number of hydrogen-bond acceptors (Lipinski definition) is 5. The van der Waals surface area contributed by atoms with Crippen molar-refractivity contribution < 1.29 is 9.18 Å². The number of para-hydroxylation sites is 1. The van der Waals surface area contributed by atoms with Crippen molar-refractivity contribution in [1.82, 2.24) is 10.2 Å². The molecule has 0 spiro atoms. The highest BCUT2D eigenvalue weighted by atomic mass is 19.1. The monoisotopic (exact) mass is 333 g/mol. The van der Waals surface area contributed by atoms with Gasteiger partial charge in [0.1, 0.15) is 5.82 Å². The lowest BCUT2D eigenvalue weighted by atomic mass is 10.2. The molecule has 1 heterocycles. The molecule has 0 aliphatic rings. The Bertz CT molecular complexity index is 933. The summed E-state index contributed by atoms with van der Waals surface area (Å²) in [6.45, 7) is 0. The van der Waals surface area contributed by atoms with Gasteiger partial charge in [0, 0.05) is 5.69 Å². The first-order chi connectivity index (χ1) is 12.2. The van der Waals surface area contributed by atoms with Crippen LogP contribution in [0.1, 0.15) is 16.1 Å². The minimum absolute atomic E-state index is 0.0635. The fourth-order valence-corrected chi connectivity index (χ4v) is 2.04. The van der Waals surface area contributed by atoms with Crippen molar-refractivity contribution in [3.8, 4) is 6.07 Å². The van der Waals surface area contributed by atoms with Crippen molar-refractivity contribution in [3.05, 3.63) is 77.7 Å². The number of nitrogens with zero attached hydrogens (tertiary/aromatic N) is 3. The second kappa shape index (κ2) is 7.19. The van der Waals surface area contributed by atoms with E-state index in [0.29, 0.717) is 11.4 Å². The molecule has 0 saturated heterocycles. The molecule has 0 unspecified atom stereocenters. The molecule has 6 nitrogen and oxygen atoms in total. The van der Waals surface area contributed by atoms with Crippen molar-refractivity contribution in [1.29, 1.82) is 5.26 Å². The van der Waals surface area contributed by atoms with Crippen LogP contribution in [-0.2, 0) is 0 Å². The fraction of sp³-hybridized carbons (Fsp3) is 0. The van der Waals surface area contributed by atoms with Gasteiger partial charge in [-0.1, -0.05) is 12.1 Å². The predicted octanol–water partition coefficient (Wildman–Crippen LogP) is 3.48. The van der Waals surface area contributed by atoms with Crippen molar-refractivity contribution in [2.75, 3.05) is 10.6 Å². The van der Waals surface area contributed by atoms with Crippen molar-refractivity contribution in [2.24, 2.45) is 0 Å². The van der Waals surface area contributed by atoms with Crippen LogP contribution >= 0.6 is 0 Å². The van der Waals surface area contributed by atoms with E-state index in [0.717, 1.165) is 5.69 Å². The van der Waals surface area contributed by atoms with Gasteiger partial charge in [0.05, 0.1) is 17.3 Å². The molecule has 0 aliphatic heterocycles. The molecule has 1 aromatic heterocycles. The summed E-state index contributed by atoms with van der Waals surface area (Å²) in [5.41, 5.74) is 1.43. The zero-order valence-electron chi connectivity index (χ0n) is 12.9. The molecule has 0 atom stereocenters. The van der Waals surface area contributed by atoms with Gasteiger partial charge in [-0.2, -0.15) is 5.26 Å². The molecular weight excluding hydrogens is 321 g/mol. The van der Waals surface area contributed by atoms with Gasteiger partial charge < -0.3 is 10.6 Å². The van der Waals surface area contributed by atoms with Gasteiger partial charge in [0.25, 0.3) is 5.91 Å². The summed E-state index contributed by atoms with van der Waals surface area (Å²) >= 11 is 0. The number of nitrogens with one attached hydrogen (secondary N) is 2. The van der Waals surface area contributed by atoms with E-state index >= 15 is 0 Å². The minimum Gasteiger partial charge on any atom is -0.339 e. The Morgan fingerprint density at radius 2 is 1.76 bits per heavy atom. The number of nitriles is 1. The summed E-state index contributed by atoms with van der Waals surface area (Å²) in [5.74, 6) is -0.641. The van der Waals surface area contributed by atoms with Crippen LogP contribution in [0, 0.1) is 17.1 Å². The Morgan fingerprint density at radius 1 is 1.00 bits per heavy atom. The average Bonchev–Trinajstić information content (AvgIpc) is 2.65. The van der Waals surface area contributed by atoms with Crippen LogP contribution in [0.4, 0.5) is 21.6 Å². The molecular formula is C18H12FN5O. The van der Waals surface area contributed by atoms with E-state index in [1.807, 2.05) is 6.07 Å². The van der Waals surface area contributed by atoms with E-state index in [1.165, 1.54) is 24.3 Å². The largest absolute Gasteiger partial charge is 0.339 e. The molecule has 3 rings (SSSR count). The van der Waals surface area contributed by atoms with Crippen LogP contribution in [0.5, 0.6) is 0 Å². The van der Waals surface area contributed by atoms with Gasteiger partial charge in [0.2, 0.25) is 0 Å². The lowest BCUT2D eigenvalue weighted by Gasteiger charge is -2.07. The highest BCUT2D eigenvalue weighted by Gasteiger charge is 2.11. The summed E-state index contributed by atoms with van der Waals surface area (Å²) < 4.78 is 13.5. The number of halogens is 1. The van der Waals surface area contributed by atoms with E-state index in [1.54, 1.807) is 36.4 Å². The molecule has 0 radical (unpaired) electrons. The molecule has 7 heteroatoms. The summed E-state index contributed by atoms with van der Waals surface area (Å²) in [7, 11) is 0. The first kappa shape index (κ1) is 16.1. The number of anilines is 3. The Morgan fingerprint density at radius 3 is 2.40 bits per heavy atom. The quantitative estimate of drug-likeness (QED) is 0.763. The number of benzene rings is 2. The maximum atomic E-state index is 13.5. The number of amides is 1. The molecule has 0 fully saturated rings. The van der Waals surface area contributed by atoms with Gasteiger partial charge in [-0.3, -0.25) is 4.79 Å². The van der Waals surface area contributed by atoms with Crippen LogP contribution in [0.15, 0.2) is 60.7 Å². The Labute approximate surface area is 143 Å². The van der Waals surface area contributed by atoms with Crippen molar-refractivity contribution in [3.63, 3.8) is 0 Å². The Hall–Kier alpha value is -3.79. The third kappa shape index (κ3) is 3.95. The molecule has 3 aromatic rings. The van der Waals surface area contributed by atoms with E-state index < -0.39 is 11.7 Å². The van der Waals surface area contributed by atoms with Crippen molar-refractivity contribution >= 4 is 23.1 Å². The Kier molecular flexibility index (Phi) is 4.62. The zero-order valence-corrected chi connectivity index (χ0v) is 12.9. The molecule has 2 aromatic carbocycles. The lowest BCUT2D eigenvalue weighted by molar-refractivity contribution is 0.102. The number of aromatic nitrogens is 2. The third-order valence-corrected chi connectivity index (χ3v) is 3.31. The normalized spacial score (nSPS) is 9.92. The second-order valence-corrected chi connectivity index (χ2v) is 5.05. The highest BCUT2D eigenvalue weighted by Crippen LogP contribution is 2.16. The predicted molar refractivity (Wildman–Crippen MR) is 90.8 cm³/mol. The molecule has 2 N–H and O–H groups in total. The van der Waals surface area contributed by atoms with Crippen LogP contribution in [0.2, 0.25) is 0 Å². The second-order valence-electron chi connectivity index (χ2n) is 5.05. The number of rotatable bonds is 4. The van der Waals surface area contributed by atoms with Crippen LogP contribution < -0.4 is 10.6 Å². The van der Waals surface area contributed by atoms with E-state index in [9.17, 15) is 9.18 Å². The number of carbonyl (C=O) groups is 1. The Balaban J connectivity index is 1.68. The maximum absolute atomic E-state index is 13.5. The first-order valence-electron chi connectivity index (χ1n) is 7.32. The van der Waals surface area contributed by atoms with Gasteiger partial charge in [0.15, 0.2) is 11.5 Å². The van der Waals surface area contributed by atoms with E-state index in [2.05, 4.69) is 20.8 Å². The topological polar surface area (TPSA) is 90.7 Å². The summed E-state index contributed by atoms with van der Waals surface area (Å²) in [4.78, 5) is 12.1. The maximum Gasteiger partial charge on any atom is 0.276 e. The van der Waals surface area contributed by atoms with Gasteiger partial charge in [-0.05, 0) is 48.5 Å². The van der Waals surface area contributed by atoms with Crippen molar-refractivity contribution in [2.45, 2.75) is 0 Å². The fourth-order valence-electron chi connectivity index (χ4n) is 2.04. The summed E-state index contributed by atoms with van der Waals surface area (Å²) in [6, 6.07) is 17.8. The number of carbonyl (C=O) groups excluding carboxylic acids is 1. The summed E-state index contributed by atoms with van der Waals surface area (Å²) in [5, 5.41) is 22.0. The van der Waals surface area contributed by atoms with E-state index in [-0.39, 0.29) is 11.4 Å². The summed E-state index contributed by atoms with van der Waals surface area (Å²) in [6.07, 6.45) is 0. The molecule has 0 aliphatic carbocycles. The first-order valence-corrected chi connectivity index (χ1v) is 7.32. The smallest absolute Gasteiger partial charge is 0.276 e. The molecule has 1 amide bonds. The molecule has 0 saturated carbocycles. The number of hydrogen-bond donors (Lipinski definition) is 2. The van der Waals surface area contributed by atoms with Gasteiger partial charge >= 0.3 is 0 Å². The minimum atomic E-state index is -0.553. The third-order valence-electron chi connectivity index (χ3n) is 3.31. The molecule has 122 valence electrons. The lowest BCUT2D eigenvalue weighted by Crippen LogP contribution is -2.15. The van der Waals surface area contributed by atoms with Crippen LogP contribution in [-0.4, -0.2) is 16.1 Å².